The van der Waals surface area contributed by atoms with Crippen molar-refractivity contribution < 1.29 is 9.18 Å². The Bertz CT molecular complexity index is 386. The molecule has 0 spiro atoms. The van der Waals surface area contributed by atoms with E-state index in [1.54, 1.807) is 6.07 Å². The molecule has 1 unspecified atom stereocenters. The maximum absolute atomic E-state index is 13.2. The molecule has 0 aliphatic carbocycles. The molecule has 0 aromatic heterocycles. The Kier molecular flexibility index (Phi) is 5.28. The van der Waals surface area contributed by atoms with E-state index in [0.29, 0.717) is 16.6 Å². The van der Waals surface area contributed by atoms with E-state index in [2.05, 4.69) is 15.9 Å². The number of Topliss-reactive ketones (excluding diaryl/α,β-unsaturated/α-hetero) is 1. The van der Waals surface area contributed by atoms with E-state index in [4.69, 9.17) is 5.73 Å². The summed E-state index contributed by atoms with van der Waals surface area (Å²) in [6.45, 7) is 4.28. The zero-order valence-corrected chi connectivity index (χ0v) is 11.6. The van der Waals surface area contributed by atoms with Crippen LogP contribution in [0.3, 0.4) is 0 Å². The molecule has 0 saturated carbocycles. The Morgan fingerprint density at radius 2 is 2.06 bits per heavy atom. The number of ketones is 1. The Labute approximate surface area is 110 Å². The van der Waals surface area contributed by atoms with E-state index in [1.165, 1.54) is 12.1 Å². The van der Waals surface area contributed by atoms with Crippen LogP contribution in [0.1, 0.15) is 19.4 Å². The first-order valence-corrected chi connectivity index (χ1v) is 6.41. The summed E-state index contributed by atoms with van der Waals surface area (Å²) in [5.74, 6) is -0.211. The number of nitrogens with two attached hydrogens (primary N) is 1. The Morgan fingerprint density at radius 1 is 1.41 bits per heavy atom. The second-order valence-electron chi connectivity index (χ2n) is 4.51. The summed E-state index contributed by atoms with van der Waals surface area (Å²) in [5, 5.41) is 0. The van der Waals surface area contributed by atoms with Gasteiger partial charge < -0.3 is 5.73 Å². The molecule has 1 atom stereocenters. The van der Waals surface area contributed by atoms with Gasteiger partial charge in [0.2, 0.25) is 0 Å². The van der Waals surface area contributed by atoms with Crippen molar-refractivity contribution in [1.29, 1.82) is 0 Å². The number of halogens is 2. The van der Waals surface area contributed by atoms with Gasteiger partial charge >= 0.3 is 0 Å². The molecule has 0 radical (unpaired) electrons. The molecule has 2 nitrogen and oxygen atoms in total. The lowest BCUT2D eigenvalue weighted by Crippen LogP contribution is -2.29. The molecule has 1 aromatic carbocycles. The van der Waals surface area contributed by atoms with Gasteiger partial charge in [-0.1, -0.05) is 29.8 Å². The largest absolute Gasteiger partial charge is 0.330 e. The van der Waals surface area contributed by atoms with Crippen LogP contribution in [0.4, 0.5) is 4.39 Å². The van der Waals surface area contributed by atoms with Crippen molar-refractivity contribution in [2.75, 3.05) is 6.54 Å². The third-order valence-electron chi connectivity index (χ3n) is 2.77. The number of hydrogen-bond acceptors (Lipinski definition) is 2. The minimum atomic E-state index is -0.337. The molecule has 1 aromatic rings. The van der Waals surface area contributed by atoms with Gasteiger partial charge in [0.15, 0.2) is 0 Å². The molecular formula is C13H17BrFNO. The molecule has 2 N–H and O–H groups in total. The number of benzene rings is 1. The maximum atomic E-state index is 13.2. The second-order valence-corrected chi connectivity index (χ2v) is 5.42. The molecule has 17 heavy (non-hydrogen) atoms. The Hall–Kier alpha value is -0.740. The van der Waals surface area contributed by atoms with E-state index < -0.39 is 0 Å². The maximum Gasteiger partial charge on any atom is 0.141 e. The second kappa shape index (κ2) is 6.26. The summed E-state index contributed by atoms with van der Waals surface area (Å²) in [6.07, 6.45) is 0.233. The predicted octanol–water partition coefficient (Wildman–Crippen LogP) is 2.93. The third kappa shape index (κ3) is 4.21. The highest BCUT2D eigenvalue weighted by atomic mass is 79.9. The average molecular weight is 302 g/mol. The van der Waals surface area contributed by atoms with Crippen LogP contribution in [0.25, 0.3) is 0 Å². The average Bonchev–Trinajstić information content (AvgIpc) is 2.15. The fourth-order valence-electron chi connectivity index (χ4n) is 1.82. The van der Waals surface area contributed by atoms with E-state index >= 15 is 0 Å². The topological polar surface area (TPSA) is 43.1 Å². The standard InChI is InChI=1S/C13H17BrFNO/c1-8(2)12(7-16)13(17)5-9-3-10(14)6-11(15)4-9/h3-4,6,8,12H,5,7,16H2,1-2H3. The SMILES string of the molecule is CC(C)C(CN)C(=O)Cc1cc(F)cc(Br)c1. The van der Waals surface area contributed by atoms with E-state index in [1.807, 2.05) is 13.8 Å². The van der Waals surface area contributed by atoms with Gasteiger partial charge in [0, 0.05) is 23.4 Å². The van der Waals surface area contributed by atoms with Crippen LogP contribution >= 0.6 is 15.9 Å². The van der Waals surface area contributed by atoms with Crippen LogP contribution in [0.15, 0.2) is 22.7 Å². The third-order valence-corrected chi connectivity index (χ3v) is 3.23. The normalized spacial score (nSPS) is 12.8. The quantitative estimate of drug-likeness (QED) is 0.909. The van der Waals surface area contributed by atoms with Crippen molar-refractivity contribution in [3.63, 3.8) is 0 Å². The van der Waals surface area contributed by atoms with E-state index in [0.717, 1.165) is 0 Å². The summed E-state index contributed by atoms with van der Waals surface area (Å²) in [7, 11) is 0. The van der Waals surface area contributed by atoms with Gasteiger partial charge in [-0.25, -0.2) is 4.39 Å². The van der Waals surface area contributed by atoms with Crippen molar-refractivity contribution in [2.24, 2.45) is 17.6 Å². The van der Waals surface area contributed by atoms with Crippen molar-refractivity contribution in [3.8, 4) is 0 Å². The molecule has 94 valence electrons. The Morgan fingerprint density at radius 3 is 2.53 bits per heavy atom. The van der Waals surface area contributed by atoms with Crippen molar-refractivity contribution in [1.82, 2.24) is 0 Å². The molecule has 4 heteroatoms. The van der Waals surface area contributed by atoms with Crippen molar-refractivity contribution >= 4 is 21.7 Å². The zero-order chi connectivity index (χ0) is 13.0. The highest BCUT2D eigenvalue weighted by Crippen LogP contribution is 2.18. The Balaban J connectivity index is 2.80. The van der Waals surface area contributed by atoms with Gasteiger partial charge in [0.05, 0.1) is 0 Å². The number of carbonyl (C=O) groups is 1. The molecule has 1 rings (SSSR count). The molecule has 0 saturated heterocycles. The summed E-state index contributed by atoms with van der Waals surface area (Å²) in [4.78, 5) is 12.0. The molecule has 0 amide bonds. The van der Waals surface area contributed by atoms with Crippen molar-refractivity contribution in [3.05, 3.63) is 34.1 Å². The van der Waals surface area contributed by atoms with Crippen LogP contribution in [0, 0.1) is 17.7 Å². The molecule has 0 aliphatic rings. The summed E-state index contributed by atoms with van der Waals surface area (Å²) < 4.78 is 13.8. The first-order chi connectivity index (χ1) is 7.93. The van der Waals surface area contributed by atoms with Crippen LogP contribution in [-0.2, 0) is 11.2 Å². The predicted molar refractivity (Wildman–Crippen MR) is 70.2 cm³/mol. The lowest BCUT2D eigenvalue weighted by Gasteiger charge is -2.17. The fraction of sp³-hybridized carbons (Fsp3) is 0.462. The minimum Gasteiger partial charge on any atom is -0.330 e. The van der Waals surface area contributed by atoms with Gasteiger partial charge in [-0.3, -0.25) is 4.79 Å². The van der Waals surface area contributed by atoms with Crippen LogP contribution < -0.4 is 5.73 Å². The summed E-state index contributed by atoms with van der Waals surface area (Å²) in [5.41, 5.74) is 6.27. The molecule has 0 bridgehead atoms. The zero-order valence-electron chi connectivity index (χ0n) is 10.0. The van der Waals surface area contributed by atoms with Crippen LogP contribution in [0.5, 0.6) is 0 Å². The van der Waals surface area contributed by atoms with Gasteiger partial charge in [-0.15, -0.1) is 0 Å². The van der Waals surface area contributed by atoms with Crippen LogP contribution in [-0.4, -0.2) is 12.3 Å². The van der Waals surface area contributed by atoms with Gasteiger partial charge in [-0.05, 0) is 29.7 Å². The monoisotopic (exact) mass is 301 g/mol. The first kappa shape index (κ1) is 14.3. The minimum absolute atomic E-state index is 0.0694. The number of carbonyl (C=O) groups excluding carboxylic acids is 1. The lowest BCUT2D eigenvalue weighted by atomic mass is 9.88. The number of rotatable bonds is 5. The summed E-state index contributed by atoms with van der Waals surface area (Å²) in [6, 6.07) is 4.52. The van der Waals surface area contributed by atoms with E-state index in [9.17, 15) is 9.18 Å². The highest BCUT2D eigenvalue weighted by Gasteiger charge is 2.20. The van der Waals surface area contributed by atoms with Gasteiger partial charge in [-0.2, -0.15) is 0 Å². The van der Waals surface area contributed by atoms with Gasteiger partial charge in [0.1, 0.15) is 11.6 Å². The van der Waals surface area contributed by atoms with Crippen LogP contribution in [0.2, 0.25) is 0 Å². The first-order valence-electron chi connectivity index (χ1n) is 5.61. The van der Waals surface area contributed by atoms with Gasteiger partial charge in [0.25, 0.3) is 0 Å². The molecular weight excluding hydrogens is 285 g/mol. The highest BCUT2D eigenvalue weighted by molar-refractivity contribution is 9.10. The smallest absolute Gasteiger partial charge is 0.141 e. The summed E-state index contributed by atoms with van der Waals surface area (Å²) >= 11 is 3.21. The molecule has 0 heterocycles. The number of hydrogen-bond donors (Lipinski definition) is 1. The van der Waals surface area contributed by atoms with E-state index in [-0.39, 0.29) is 29.9 Å². The molecule has 0 aliphatic heterocycles. The lowest BCUT2D eigenvalue weighted by molar-refractivity contribution is -0.123. The molecule has 0 fully saturated rings. The fourth-order valence-corrected chi connectivity index (χ4v) is 2.33. The van der Waals surface area contributed by atoms with Crippen molar-refractivity contribution in [2.45, 2.75) is 20.3 Å².